The van der Waals surface area contributed by atoms with Crippen molar-refractivity contribution in [3.05, 3.63) is 48.3 Å². The Hall–Kier alpha value is -1.61. The van der Waals surface area contributed by atoms with Crippen LogP contribution in [0.5, 0.6) is 0 Å². The molecule has 2 aromatic rings. The van der Waals surface area contributed by atoms with E-state index in [9.17, 15) is 0 Å². The van der Waals surface area contributed by atoms with Crippen molar-refractivity contribution in [2.24, 2.45) is 0 Å². The van der Waals surface area contributed by atoms with E-state index in [0.29, 0.717) is 0 Å². The SMILES string of the molecule is CC(C)(CCNC1CC1)c1cnn(-c2ccccc2)c1. The number of rotatable bonds is 6. The molecule has 0 saturated heterocycles. The maximum absolute atomic E-state index is 4.50. The van der Waals surface area contributed by atoms with Crippen LogP contribution in [0.25, 0.3) is 5.69 Å². The van der Waals surface area contributed by atoms with Gasteiger partial charge in [0.1, 0.15) is 0 Å². The Balaban J connectivity index is 1.68. The third kappa shape index (κ3) is 3.10. The minimum absolute atomic E-state index is 0.162. The van der Waals surface area contributed by atoms with Crippen molar-refractivity contribution in [2.45, 2.75) is 44.6 Å². The fraction of sp³-hybridized carbons (Fsp3) is 0.471. The van der Waals surface area contributed by atoms with Crippen molar-refractivity contribution in [1.82, 2.24) is 15.1 Å². The van der Waals surface area contributed by atoms with E-state index in [1.54, 1.807) is 0 Å². The molecule has 1 aromatic heterocycles. The second-order valence-electron chi connectivity index (χ2n) is 6.37. The average Bonchev–Trinajstić information content (AvgIpc) is 3.12. The highest BCUT2D eigenvalue weighted by Crippen LogP contribution is 2.27. The Labute approximate surface area is 121 Å². The molecule has 0 radical (unpaired) electrons. The molecule has 0 bridgehead atoms. The highest BCUT2D eigenvalue weighted by atomic mass is 15.3. The van der Waals surface area contributed by atoms with Gasteiger partial charge < -0.3 is 5.32 Å². The molecule has 1 saturated carbocycles. The minimum Gasteiger partial charge on any atom is -0.314 e. The van der Waals surface area contributed by atoms with E-state index in [1.807, 2.05) is 29.1 Å². The molecule has 1 N–H and O–H groups in total. The predicted octanol–water partition coefficient (Wildman–Crippen LogP) is 3.29. The highest BCUT2D eigenvalue weighted by molar-refractivity contribution is 5.32. The molecule has 20 heavy (non-hydrogen) atoms. The summed E-state index contributed by atoms with van der Waals surface area (Å²) < 4.78 is 1.96. The van der Waals surface area contributed by atoms with Crippen LogP contribution in [0, 0.1) is 0 Å². The lowest BCUT2D eigenvalue weighted by atomic mass is 9.83. The molecule has 3 rings (SSSR count). The molecular formula is C17H23N3. The fourth-order valence-corrected chi connectivity index (χ4v) is 2.41. The van der Waals surface area contributed by atoms with E-state index in [0.717, 1.165) is 24.7 Å². The predicted molar refractivity (Wildman–Crippen MR) is 82.2 cm³/mol. The monoisotopic (exact) mass is 269 g/mol. The Morgan fingerprint density at radius 1 is 1.25 bits per heavy atom. The van der Waals surface area contributed by atoms with Crippen molar-refractivity contribution in [2.75, 3.05) is 6.54 Å². The lowest BCUT2D eigenvalue weighted by molar-refractivity contribution is 0.456. The van der Waals surface area contributed by atoms with Gasteiger partial charge in [0.25, 0.3) is 0 Å². The van der Waals surface area contributed by atoms with Gasteiger partial charge in [-0.05, 0) is 48.9 Å². The molecule has 1 heterocycles. The molecule has 0 spiro atoms. The summed E-state index contributed by atoms with van der Waals surface area (Å²) in [5.74, 6) is 0. The second-order valence-corrected chi connectivity index (χ2v) is 6.37. The third-order valence-electron chi connectivity index (χ3n) is 4.15. The van der Waals surface area contributed by atoms with Crippen LogP contribution in [0.15, 0.2) is 42.7 Å². The number of hydrogen-bond acceptors (Lipinski definition) is 2. The Morgan fingerprint density at radius 2 is 2.00 bits per heavy atom. The number of nitrogens with zero attached hydrogens (tertiary/aromatic N) is 2. The number of nitrogens with one attached hydrogen (secondary N) is 1. The maximum Gasteiger partial charge on any atom is 0.0645 e. The normalized spacial score (nSPS) is 15.5. The van der Waals surface area contributed by atoms with Crippen molar-refractivity contribution >= 4 is 0 Å². The molecule has 106 valence electrons. The first-order valence-electron chi connectivity index (χ1n) is 7.49. The van der Waals surface area contributed by atoms with Crippen molar-refractivity contribution in [1.29, 1.82) is 0 Å². The van der Waals surface area contributed by atoms with Gasteiger partial charge in [-0.1, -0.05) is 32.0 Å². The summed E-state index contributed by atoms with van der Waals surface area (Å²) in [6, 6.07) is 11.1. The minimum atomic E-state index is 0.162. The van der Waals surface area contributed by atoms with Gasteiger partial charge in [0.05, 0.1) is 11.9 Å². The van der Waals surface area contributed by atoms with Crippen LogP contribution in [0.2, 0.25) is 0 Å². The molecule has 0 atom stereocenters. The topological polar surface area (TPSA) is 29.9 Å². The third-order valence-corrected chi connectivity index (χ3v) is 4.15. The van der Waals surface area contributed by atoms with Crippen molar-refractivity contribution < 1.29 is 0 Å². The molecule has 0 unspecified atom stereocenters. The van der Waals surface area contributed by atoms with Crippen molar-refractivity contribution in [3.63, 3.8) is 0 Å². The van der Waals surface area contributed by atoms with Crippen LogP contribution in [-0.2, 0) is 5.41 Å². The van der Waals surface area contributed by atoms with Gasteiger partial charge in [0, 0.05) is 12.2 Å². The first-order valence-corrected chi connectivity index (χ1v) is 7.49. The van der Waals surface area contributed by atoms with Gasteiger partial charge in [0.15, 0.2) is 0 Å². The first kappa shape index (κ1) is 13.4. The summed E-state index contributed by atoms with van der Waals surface area (Å²) >= 11 is 0. The Kier molecular flexibility index (Phi) is 3.62. The fourth-order valence-electron chi connectivity index (χ4n) is 2.41. The number of aromatic nitrogens is 2. The lowest BCUT2D eigenvalue weighted by Crippen LogP contribution is -2.26. The molecular weight excluding hydrogens is 246 g/mol. The Morgan fingerprint density at radius 3 is 2.70 bits per heavy atom. The largest absolute Gasteiger partial charge is 0.314 e. The van der Waals surface area contributed by atoms with Gasteiger partial charge in [-0.2, -0.15) is 5.10 Å². The average molecular weight is 269 g/mol. The zero-order valence-electron chi connectivity index (χ0n) is 12.3. The summed E-state index contributed by atoms with van der Waals surface area (Å²) in [4.78, 5) is 0. The van der Waals surface area contributed by atoms with E-state index >= 15 is 0 Å². The first-order chi connectivity index (χ1) is 9.65. The highest BCUT2D eigenvalue weighted by Gasteiger charge is 2.25. The molecule has 3 heteroatoms. The number of hydrogen-bond donors (Lipinski definition) is 1. The standard InChI is InChI=1S/C17H23N3/c1-17(2,10-11-18-15-8-9-15)14-12-19-20(13-14)16-6-4-3-5-7-16/h3-7,12-13,15,18H,8-11H2,1-2H3. The van der Waals surface area contributed by atoms with Gasteiger partial charge in [-0.3, -0.25) is 0 Å². The molecule has 1 aromatic carbocycles. The van der Waals surface area contributed by atoms with Crippen LogP contribution in [0.1, 0.15) is 38.7 Å². The van der Waals surface area contributed by atoms with Gasteiger partial charge in [-0.25, -0.2) is 4.68 Å². The quantitative estimate of drug-likeness (QED) is 0.872. The van der Waals surface area contributed by atoms with Gasteiger partial charge >= 0.3 is 0 Å². The smallest absolute Gasteiger partial charge is 0.0645 e. The maximum atomic E-state index is 4.50. The zero-order chi connectivity index (χ0) is 14.0. The second kappa shape index (κ2) is 5.41. The number of para-hydroxylation sites is 1. The summed E-state index contributed by atoms with van der Waals surface area (Å²) in [6.45, 7) is 5.69. The lowest BCUT2D eigenvalue weighted by Gasteiger charge is -2.23. The molecule has 1 fully saturated rings. The van der Waals surface area contributed by atoms with Crippen LogP contribution in [0.4, 0.5) is 0 Å². The van der Waals surface area contributed by atoms with Crippen LogP contribution < -0.4 is 5.32 Å². The van der Waals surface area contributed by atoms with E-state index in [-0.39, 0.29) is 5.41 Å². The summed E-state index contributed by atoms with van der Waals surface area (Å²) in [5.41, 5.74) is 2.58. The zero-order valence-corrected chi connectivity index (χ0v) is 12.3. The van der Waals surface area contributed by atoms with Gasteiger partial charge in [0.2, 0.25) is 0 Å². The van der Waals surface area contributed by atoms with E-state index in [4.69, 9.17) is 0 Å². The van der Waals surface area contributed by atoms with E-state index in [2.05, 4.69) is 42.6 Å². The molecule has 1 aliphatic carbocycles. The molecule has 1 aliphatic rings. The Bertz CT molecular complexity index is 553. The molecule has 3 nitrogen and oxygen atoms in total. The van der Waals surface area contributed by atoms with Crippen LogP contribution in [0.3, 0.4) is 0 Å². The molecule has 0 aliphatic heterocycles. The number of benzene rings is 1. The van der Waals surface area contributed by atoms with E-state index < -0.39 is 0 Å². The summed E-state index contributed by atoms with van der Waals surface area (Å²) in [7, 11) is 0. The van der Waals surface area contributed by atoms with Crippen LogP contribution in [-0.4, -0.2) is 22.4 Å². The van der Waals surface area contributed by atoms with Crippen molar-refractivity contribution in [3.8, 4) is 5.69 Å². The van der Waals surface area contributed by atoms with Crippen LogP contribution >= 0.6 is 0 Å². The van der Waals surface area contributed by atoms with Gasteiger partial charge in [-0.15, -0.1) is 0 Å². The molecule has 0 amide bonds. The summed E-state index contributed by atoms with van der Waals surface area (Å²) in [5, 5.41) is 8.10. The van der Waals surface area contributed by atoms with E-state index in [1.165, 1.54) is 18.4 Å². The summed E-state index contributed by atoms with van der Waals surface area (Å²) in [6.07, 6.45) is 8.01.